The molecule has 0 aliphatic carbocycles. The fourth-order valence-electron chi connectivity index (χ4n) is 3.70. The van der Waals surface area contributed by atoms with Crippen LogP contribution >= 0.6 is 0 Å². The van der Waals surface area contributed by atoms with E-state index < -0.39 is 15.0 Å². The van der Waals surface area contributed by atoms with Gasteiger partial charge in [0, 0.05) is 6.07 Å². The van der Waals surface area contributed by atoms with Crippen LogP contribution in [-0.4, -0.2) is 33.2 Å². The van der Waals surface area contributed by atoms with Crippen molar-refractivity contribution >= 4 is 31.9 Å². The molecule has 0 saturated carbocycles. The number of fused-ring (bicyclic) bond motifs is 3. The maximum absolute atomic E-state index is 11.4. The van der Waals surface area contributed by atoms with Crippen LogP contribution in [0.2, 0.25) is 0 Å². The zero-order chi connectivity index (χ0) is 21.8. The Morgan fingerprint density at radius 2 is 1.58 bits per heavy atom. The van der Waals surface area contributed by atoms with Gasteiger partial charge < -0.3 is 15.2 Å². The van der Waals surface area contributed by atoms with Gasteiger partial charge in [0.25, 0.3) is 10.1 Å². The van der Waals surface area contributed by atoms with E-state index in [9.17, 15) is 23.2 Å². The summed E-state index contributed by atoms with van der Waals surface area (Å²) in [6.45, 7) is 0. The van der Waals surface area contributed by atoms with E-state index in [-0.39, 0.29) is 11.5 Å². The summed E-state index contributed by atoms with van der Waals surface area (Å²) >= 11 is 0. The number of nitrogens with one attached hydrogen (secondary N) is 1. The molecular formula is C23H16N2O5S. The predicted octanol–water partition coefficient (Wildman–Crippen LogP) is 4.71. The molecule has 0 radical (unpaired) electrons. The second kappa shape index (κ2) is 6.83. The first kappa shape index (κ1) is 19.1. The van der Waals surface area contributed by atoms with Gasteiger partial charge >= 0.3 is 0 Å². The second-order valence-corrected chi connectivity index (χ2v) is 8.58. The monoisotopic (exact) mass is 432 g/mol. The molecule has 7 nitrogen and oxygen atoms in total. The molecule has 1 heterocycles. The van der Waals surface area contributed by atoms with Crippen molar-refractivity contribution in [2.75, 3.05) is 0 Å². The number of hydrogen-bond acceptors (Lipinski definition) is 5. The molecule has 31 heavy (non-hydrogen) atoms. The minimum atomic E-state index is -4.46. The fraction of sp³-hybridized carbons (Fsp3) is 0. The van der Waals surface area contributed by atoms with Gasteiger partial charge in [0.05, 0.1) is 21.4 Å². The van der Waals surface area contributed by atoms with Crippen LogP contribution in [0.5, 0.6) is 11.5 Å². The number of H-pyrrole nitrogens is 1. The van der Waals surface area contributed by atoms with Gasteiger partial charge in [-0.2, -0.15) is 8.42 Å². The van der Waals surface area contributed by atoms with Crippen LogP contribution in [0.4, 0.5) is 0 Å². The van der Waals surface area contributed by atoms with E-state index >= 15 is 0 Å². The van der Waals surface area contributed by atoms with Crippen LogP contribution in [-0.2, 0) is 10.1 Å². The molecule has 0 bridgehead atoms. The highest BCUT2D eigenvalue weighted by Gasteiger charge is 2.18. The summed E-state index contributed by atoms with van der Waals surface area (Å²) in [4.78, 5) is 7.26. The van der Waals surface area contributed by atoms with Crippen molar-refractivity contribution in [1.82, 2.24) is 9.97 Å². The van der Waals surface area contributed by atoms with E-state index in [0.717, 1.165) is 17.2 Å². The van der Waals surface area contributed by atoms with Crippen molar-refractivity contribution in [1.29, 1.82) is 0 Å². The van der Waals surface area contributed by atoms with Crippen molar-refractivity contribution in [2.24, 2.45) is 0 Å². The smallest absolute Gasteiger partial charge is 0.294 e. The topological polar surface area (TPSA) is 124 Å². The summed E-state index contributed by atoms with van der Waals surface area (Å²) in [5, 5.41) is 21.8. The summed E-state index contributed by atoms with van der Waals surface area (Å²) < 4.78 is 32.2. The Balaban J connectivity index is 1.66. The Bertz CT molecular complexity index is 1570. The second-order valence-electron chi connectivity index (χ2n) is 7.16. The lowest BCUT2D eigenvalue weighted by molar-refractivity contribution is 0.471. The Labute approximate surface area is 177 Å². The quantitative estimate of drug-likeness (QED) is 0.306. The lowest BCUT2D eigenvalue weighted by atomic mass is 10.0. The molecule has 5 aromatic rings. The molecule has 0 saturated heterocycles. The minimum absolute atomic E-state index is 0.0441. The third kappa shape index (κ3) is 3.27. The SMILES string of the molecule is O=S(=O)(O)c1cc(O)c2c(ccc3[nH]c(-c4ccc(-c5ccccc5)cc4O)nc32)c1. The number of hydrogen-bond donors (Lipinski definition) is 4. The average molecular weight is 432 g/mol. The molecule has 4 N–H and O–H groups in total. The standard InChI is InChI=1S/C23H16N2O5S/c26-19-11-14(13-4-2-1-3-5-13)6-8-17(19)23-24-18-9-7-15-10-16(31(28,29)30)12-20(27)21(15)22(18)25-23/h1-12,26-27H,(H,24,25)(H,28,29,30). The van der Waals surface area contributed by atoms with Crippen molar-refractivity contribution in [3.8, 4) is 34.0 Å². The Morgan fingerprint density at radius 3 is 2.29 bits per heavy atom. The molecule has 0 atom stereocenters. The molecule has 0 fully saturated rings. The number of imidazole rings is 1. The molecule has 154 valence electrons. The molecule has 4 aromatic carbocycles. The Hall–Kier alpha value is -3.88. The molecule has 0 amide bonds. The number of aromatic hydroxyl groups is 2. The van der Waals surface area contributed by atoms with Crippen molar-refractivity contribution in [3.05, 3.63) is 72.8 Å². The molecule has 0 spiro atoms. The summed E-state index contributed by atoms with van der Waals surface area (Å²) in [6.07, 6.45) is 0. The van der Waals surface area contributed by atoms with Gasteiger partial charge in [-0.25, -0.2) is 4.98 Å². The number of phenolic OH excluding ortho intramolecular Hbond substituents is 2. The van der Waals surface area contributed by atoms with E-state index in [1.54, 1.807) is 24.3 Å². The van der Waals surface area contributed by atoms with E-state index in [0.29, 0.717) is 33.2 Å². The first-order valence-corrected chi connectivity index (χ1v) is 10.8. The van der Waals surface area contributed by atoms with Gasteiger partial charge in [-0.15, -0.1) is 0 Å². The van der Waals surface area contributed by atoms with Gasteiger partial charge in [0.15, 0.2) is 0 Å². The van der Waals surface area contributed by atoms with Gasteiger partial charge in [-0.05, 0) is 40.8 Å². The van der Waals surface area contributed by atoms with Gasteiger partial charge in [-0.1, -0.05) is 42.5 Å². The number of aromatic nitrogens is 2. The third-order valence-electron chi connectivity index (χ3n) is 5.18. The highest BCUT2D eigenvalue weighted by atomic mass is 32.2. The van der Waals surface area contributed by atoms with Gasteiger partial charge in [-0.3, -0.25) is 4.55 Å². The third-order valence-corrected chi connectivity index (χ3v) is 6.01. The predicted molar refractivity (Wildman–Crippen MR) is 118 cm³/mol. The highest BCUT2D eigenvalue weighted by molar-refractivity contribution is 7.85. The fourth-order valence-corrected chi connectivity index (χ4v) is 4.24. The van der Waals surface area contributed by atoms with Crippen molar-refractivity contribution < 1.29 is 23.2 Å². The van der Waals surface area contributed by atoms with E-state index in [1.807, 2.05) is 36.4 Å². The first-order chi connectivity index (χ1) is 14.8. The number of rotatable bonds is 3. The molecule has 1 aromatic heterocycles. The largest absolute Gasteiger partial charge is 0.507 e. The zero-order valence-corrected chi connectivity index (χ0v) is 16.8. The van der Waals surface area contributed by atoms with Crippen molar-refractivity contribution in [3.63, 3.8) is 0 Å². The Kier molecular flexibility index (Phi) is 4.21. The lowest BCUT2D eigenvalue weighted by Crippen LogP contribution is -1.97. The van der Waals surface area contributed by atoms with Crippen LogP contribution in [0.15, 0.2) is 77.7 Å². The number of aromatic amines is 1. The van der Waals surface area contributed by atoms with E-state index in [4.69, 9.17) is 0 Å². The average Bonchev–Trinajstić information content (AvgIpc) is 3.17. The minimum Gasteiger partial charge on any atom is -0.507 e. The van der Waals surface area contributed by atoms with E-state index in [2.05, 4.69) is 9.97 Å². The van der Waals surface area contributed by atoms with Gasteiger partial charge in [0.1, 0.15) is 22.8 Å². The van der Waals surface area contributed by atoms with Crippen LogP contribution < -0.4 is 0 Å². The summed E-state index contributed by atoms with van der Waals surface area (Å²) in [7, 11) is -4.46. The normalized spacial score (nSPS) is 11.9. The lowest BCUT2D eigenvalue weighted by Gasteiger charge is -2.06. The maximum atomic E-state index is 11.4. The molecular weight excluding hydrogens is 416 g/mol. The first-order valence-electron chi connectivity index (χ1n) is 9.33. The maximum Gasteiger partial charge on any atom is 0.294 e. The highest BCUT2D eigenvalue weighted by Crippen LogP contribution is 2.37. The summed E-state index contributed by atoms with van der Waals surface area (Å²) in [5.41, 5.74) is 3.33. The number of phenols is 2. The van der Waals surface area contributed by atoms with Crippen molar-refractivity contribution in [2.45, 2.75) is 4.90 Å². The molecule has 0 aliphatic heterocycles. The molecule has 0 aliphatic rings. The van der Waals surface area contributed by atoms with Crippen LogP contribution in [0.25, 0.3) is 44.3 Å². The number of benzene rings is 4. The van der Waals surface area contributed by atoms with Crippen LogP contribution in [0.3, 0.4) is 0 Å². The van der Waals surface area contributed by atoms with Crippen LogP contribution in [0, 0.1) is 0 Å². The molecule has 5 rings (SSSR count). The molecule has 8 heteroatoms. The van der Waals surface area contributed by atoms with Gasteiger partial charge in [0.2, 0.25) is 0 Å². The van der Waals surface area contributed by atoms with Crippen LogP contribution in [0.1, 0.15) is 0 Å². The number of nitrogens with zero attached hydrogens (tertiary/aromatic N) is 1. The summed E-state index contributed by atoms with van der Waals surface area (Å²) in [5.74, 6) is 0.123. The Morgan fingerprint density at radius 1 is 0.806 bits per heavy atom. The molecule has 0 unspecified atom stereocenters. The van der Waals surface area contributed by atoms with E-state index in [1.165, 1.54) is 6.07 Å². The zero-order valence-electron chi connectivity index (χ0n) is 15.9. The summed E-state index contributed by atoms with van der Waals surface area (Å²) in [6, 6.07) is 20.5.